The molecule has 80 valence electrons. The van der Waals surface area contributed by atoms with E-state index in [0.29, 0.717) is 19.7 Å². The number of hydrogen-bond donors (Lipinski definition) is 1. The van der Waals surface area contributed by atoms with Crippen molar-refractivity contribution in [2.75, 3.05) is 24.6 Å². The third kappa shape index (κ3) is 2.24. The number of hydrogen-bond acceptors (Lipinski definition) is 4. The van der Waals surface area contributed by atoms with Crippen molar-refractivity contribution in [2.45, 2.75) is 6.10 Å². The fraction of sp³-hybridized carbons (Fsp3) is 0.400. The maximum Gasteiger partial charge on any atom is 0.334 e. The number of carboxylic acid groups (broad SMARTS) is 1. The van der Waals surface area contributed by atoms with Crippen LogP contribution in [0, 0.1) is 0 Å². The second-order valence-corrected chi connectivity index (χ2v) is 3.33. The minimum Gasteiger partial charge on any atom is -0.479 e. The van der Waals surface area contributed by atoms with Gasteiger partial charge in [0.25, 0.3) is 0 Å². The topological polar surface area (TPSA) is 62.7 Å². The van der Waals surface area contributed by atoms with E-state index in [0.717, 1.165) is 5.82 Å². The summed E-state index contributed by atoms with van der Waals surface area (Å²) in [6.07, 6.45) is 0.946. The Balaban J connectivity index is 2.08. The number of morpholine rings is 1. The van der Waals surface area contributed by atoms with E-state index in [1.54, 1.807) is 6.20 Å². The van der Waals surface area contributed by atoms with Gasteiger partial charge < -0.3 is 14.7 Å². The highest BCUT2D eigenvalue weighted by Gasteiger charge is 2.26. The monoisotopic (exact) mass is 208 g/mol. The smallest absolute Gasteiger partial charge is 0.334 e. The van der Waals surface area contributed by atoms with E-state index in [4.69, 9.17) is 9.84 Å². The molecular formula is C10H12N2O3. The highest BCUT2D eigenvalue weighted by molar-refractivity contribution is 5.73. The molecule has 1 fully saturated rings. The third-order valence-electron chi connectivity index (χ3n) is 2.32. The summed E-state index contributed by atoms with van der Waals surface area (Å²) in [6, 6.07) is 5.58. The van der Waals surface area contributed by atoms with Gasteiger partial charge in [0.05, 0.1) is 13.2 Å². The van der Waals surface area contributed by atoms with Crippen LogP contribution in [-0.2, 0) is 9.53 Å². The van der Waals surface area contributed by atoms with E-state index in [-0.39, 0.29) is 0 Å². The van der Waals surface area contributed by atoms with Crippen molar-refractivity contribution in [1.82, 2.24) is 4.98 Å². The van der Waals surface area contributed by atoms with Gasteiger partial charge in [-0.2, -0.15) is 0 Å². The van der Waals surface area contributed by atoms with Crippen LogP contribution in [0.5, 0.6) is 0 Å². The van der Waals surface area contributed by atoms with Gasteiger partial charge in [0.2, 0.25) is 0 Å². The first-order valence-electron chi connectivity index (χ1n) is 4.78. The summed E-state index contributed by atoms with van der Waals surface area (Å²) in [7, 11) is 0. The molecular weight excluding hydrogens is 196 g/mol. The lowest BCUT2D eigenvalue weighted by atomic mass is 10.2. The fourth-order valence-electron chi connectivity index (χ4n) is 1.55. The van der Waals surface area contributed by atoms with Gasteiger partial charge in [0.15, 0.2) is 6.10 Å². The Kier molecular flexibility index (Phi) is 2.82. The number of aromatic nitrogens is 1. The van der Waals surface area contributed by atoms with Gasteiger partial charge in [0, 0.05) is 12.7 Å². The zero-order valence-corrected chi connectivity index (χ0v) is 8.17. The molecule has 1 N–H and O–H groups in total. The van der Waals surface area contributed by atoms with Gasteiger partial charge in [-0.3, -0.25) is 0 Å². The molecule has 0 aromatic carbocycles. The summed E-state index contributed by atoms with van der Waals surface area (Å²) in [5.41, 5.74) is 0. The van der Waals surface area contributed by atoms with Crippen molar-refractivity contribution in [3.8, 4) is 0 Å². The van der Waals surface area contributed by atoms with Gasteiger partial charge in [-0.25, -0.2) is 9.78 Å². The average molecular weight is 208 g/mol. The van der Waals surface area contributed by atoms with Gasteiger partial charge in [-0.1, -0.05) is 6.07 Å². The molecule has 1 aromatic heterocycles. The molecule has 0 bridgehead atoms. The summed E-state index contributed by atoms with van der Waals surface area (Å²) in [5.74, 6) is -0.123. The molecule has 1 aliphatic heterocycles. The predicted octanol–water partition coefficient (Wildman–Crippen LogP) is 0.371. The number of pyridine rings is 1. The lowest BCUT2D eigenvalue weighted by molar-refractivity contribution is -0.150. The quantitative estimate of drug-likeness (QED) is 0.760. The Labute approximate surface area is 87.3 Å². The van der Waals surface area contributed by atoms with Crippen LogP contribution in [-0.4, -0.2) is 41.9 Å². The summed E-state index contributed by atoms with van der Waals surface area (Å²) in [5, 5.41) is 8.83. The number of rotatable bonds is 2. The normalized spacial score (nSPS) is 21.3. The Morgan fingerprint density at radius 1 is 1.60 bits per heavy atom. The zero-order chi connectivity index (χ0) is 10.7. The van der Waals surface area contributed by atoms with E-state index < -0.39 is 12.1 Å². The molecule has 0 aliphatic carbocycles. The standard InChI is InChI=1S/C10H12N2O3/c13-10(14)8-7-12(5-6-15-8)9-3-1-2-4-11-9/h1-4,8H,5-7H2,(H,13,14)/t8-/m1/s1. The van der Waals surface area contributed by atoms with Crippen LogP contribution in [0.15, 0.2) is 24.4 Å². The summed E-state index contributed by atoms with van der Waals surface area (Å²) >= 11 is 0. The fourth-order valence-corrected chi connectivity index (χ4v) is 1.55. The number of nitrogens with zero attached hydrogens (tertiary/aromatic N) is 2. The molecule has 0 unspecified atom stereocenters. The Bertz CT molecular complexity index is 342. The molecule has 2 rings (SSSR count). The number of aliphatic carboxylic acids is 1. The molecule has 0 radical (unpaired) electrons. The Morgan fingerprint density at radius 3 is 3.13 bits per heavy atom. The molecule has 5 nitrogen and oxygen atoms in total. The average Bonchev–Trinajstić information content (AvgIpc) is 2.30. The largest absolute Gasteiger partial charge is 0.479 e. The minimum absolute atomic E-state index is 0.354. The van der Waals surface area contributed by atoms with Crippen molar-refractivity contribution in [2.24, 2.45) is 0 Å². The second-order valence-electron chi connectivity index (χ2n) is 3.33. The van der Waals surface area contributed by atoms with Crippen LogP contribution in [0.4, 0.5) is 5.82 Å². The molecule has 1 atom stereocenters. The minimum atomic E-state index is -0.921. The van der Waals surface area contributed by atoms with Crippen molar-refractivity contribution >= 4 is 11.8 Å². The van der Waals surface area contributed by atoms with E-state index >= 15 is 0 Å². The number of carbonyl (C=O) groups is 1. The maximum atomic E-state index is 10.8. The first kappa shape index (κ1) is 9.92. The van der Waals surface area contributed by atoms with Crippen LogP contribution in [0.2, 0.25) is 0 Å². The van der Waals surface area contributed by atoms with E-state index in [2.05, 4.69) is 4.98 Å². The lowest BCUT2D eigenvalue weighted by Gasteiger charge is -2.31. The first-order chi connectivity index (χ1) is 7.27. The molecule has 5 heteroatoms. The number of anilines is 1. The second kappa shape index (κ2) is 4.27. The van der Waals surface area contributed by atoms with Gasteiger partial charge in [0.1, 0.15) is 5.82 Å². The molecule has 1 aliphatic rings. The predicted molar refractivity (Wildman–Crippen MR) is 53.8 cm³/mol. The van der Waals surface area contributed by atoms with Crippen LogP contribution < -0.4 is 4.90 Å². The Hall–Kier alpha value is -1.62. The van der Waals surface area contributed by atoms with Crippen molar-refractivity contribution in [3.05, 3.63) is 24.4 Å². The first-order valence-corrected chi connectivity index (χ1v) is 4.78. The van der Waals surface area contributed by atoms with Crippen molar-refractivity contribution in [1.29, 1.82) is 0 Å². The van der Waals surface area contributed by atoms with Crippen LogP contribution in [0.1, 0.15) is 0 Å². The molecule has 15 heavy (non-hydrogen) atoms. The highest BCUT2D eigenvalue weighted by atomic mass is 16.5. The number of ether oxygens (including phenoxy) is 1. The zero-order valence-electron chi connectivity index (χ0n) is 8.17. The lowest BCUT2D eigenvalue weighted by Crippen LogP contribution is -2.46. The molecule has 1 aromatic rings. The van der Waals surface area contributed by atoms with Crippen LogP contribution >= 0.6 is 0 Å². The Morgan fingerprint density at radius 2 is 2.47 bits per heavy atom. The highest BCUT2D eigenvalue weighted by Crippen LogP contribution is 2.14. The van der Waals surface area contributed by atoms with E-state index in [1.807, 2.05) is 23.1 Å². The van der Waals surface area contributed by atoms with Gasteiger partial charge in [-0.15, -0.1) is 0 Å². The molecule has 0 amide bonds. The molecule has 0 spiro atoms. The van der Waals surface area contributed by atoms with E-state index in [9.17, 15) is 4.79 Å². The van der Waals surface area contributed by atoms with Crippen LogP contribution in [0.25, 0.3) is 0 Å². The summed E-state index contributed by atoms with van der Waals surface area (Å²) in [4.78, 5) is 16.9. The summed E-state index contributed by atoms with van der Waals surface area (Å²) < 4.78 is 5.12. The summed E-state index contributed by atoms with van der Waals surface area (Å²) in [6.45, 7) is 1.46. The molecule has 1 saturated heterocycles. The number of carboxylic acids is 1. The van der Waals surface area contributed by atoms with Crippen molar-refractivity contribution < 1.29 is 14.6 Å². The maximum absolute atomic E-state index is 10.8. The SMILES string of the molecule is O=C(O)[C@H]1CN(c2ccccn2)CCO1. The third-order valence-corrected chi connectivity index (χ3v) is 2.32. The van der Waals surface area contributed by atoms with Gasteiger partial charge >= 0.3 is 5.97 Å². The molecule has 0 saturated carbocycles. The van der Waals surface area contributed by atoms with Gasteiger partial charge in [-0.05, 0) is 12.1 Å². The van der Waals surface area contributed by atoms with Crippen LogP contribution in [0.3, 0.4) is 0 Å². The van der Waals surface area contributed by atoms with Crippen molar-refractivity contribution in [3.63, 3.8) is 0 Å². The molecule has 2 heterocycles. The van der Waals surface area contributed by atoms with E-state index in [1.165, 1.54) is 0 Å².